The lowest BCUT2D eigenvalue weighted by molar-refractivity contribution is -0.145. The number of nitrogens with zero attached hydrogens (tertiary/aromatic N) is 2. The molecule has 2 aliphatic rings. The normalized spacial score (nSPS) is 26.3. The lowest BCUT2D eigenvalue weighted by Gasteiger charge is -2.33. The monoisotopic (exact) mass is 312 g/mol. The molecule has 2 fully saturated rings. The maximum atomic E-state index is 13.0. The van der Waals surface area contributed by atoms with Gasteiger partial charge in [-0.15, -0.1) is 0 Å². The first-order valence-electron chi connectivity index (χ1n) is 8.06. The smallest absolute Gasteiger partial charge is 0.328 e. The number of hydrogen-bond acceptors (Lipinski definition) is 4. The van der Waals surface area contributed by atoms with Gasteiger partial charge in [0.2, 0.25) is 0 Å². The van der Waals surface area contributed by atoms with Gasteiger partial charge in [-0.2, -0.15) is 5.26 Å². The summed E-state index contributed by atoms with van der Waals surface area (Å²) in [6.45, 7) is 0. The zero-order valence-corrected chi connectivity index (χ0v) is 13.2. The van der Waals surface area contributed by atoms with Crippen molar-refractivity contribution < 1.29 is 14.3 Å². The first kappa shape index (κ1) is 15.5. The summed E-state index contributed by atoms with van der Waals surface area (Å²) in [6, 6.07) is 8.31. The van der Waals surface area contributed by atoms with Crippen molar-refractivity contribution in [1.29, 1.82) is 5.26 Å². The fourth-order valence-corrected chi connectivity index (χ4v) is 3.97. The number of carbonyl (C=O) groups is 2. The topological polar surface area (TPSA) is 70.4 Å². The van der Waals surface area contributed by atoms with Crippen molar-refractivity contribution in [1.82, 2.24) is 4.90 Å². The molecule has 0 spiro atoms. The summed E-state index contributed by atoms with van der Waals surface area (Å²) in [4.78, 5) is 26.9. The van der Waals surface area contributed by atoms with Gasteiger partial charge in [0.1, 0.15) is 6.04 Å². The van der Waals surface area contributed by atoms with Gasteiger partial charge in [0, 0.05) is 11.6 Å². The van der Waals surface area contributed by atoms with Crippen molar-refractivity contribution in [3.63, 3.8) is 0 Å². The van der Waals surface area contributed by atoms with E-state index in [-0.39, 0.29) is 17.9 Å². The van der Waals surface area contributed by atoms with Crippen molar-refractivity contribution in [2.24, 2.45) is 5.92 Å². The van der Waals surface area contributed by atoms with E-state index in [2.05, 4.69) is 6.07 Å². The maximum Gasteiger partial charge on any atom is 0.328 e. The van der Waals surface area contributed by atoms with Crippen LogP contribution in [0.15, 0.2) is 24.3 Å². The third-order valence-corrected chi connectivity index (χ3v) is 5.03. The minimum atomic E-state index is -0.508. The summed E-state index contributed by atoms with van der Waals surface area (Å²) >= 11 is 0. The number of amides is 1. The van der Waals surface area contributed by atoms with Crippen LogP contribution in [0.3, 0.4) is 0 Å². The van der Waals surface area contributed by atoms with Crippen LogP contribution in [0.5, 0.6) is 0 Å². The van der Waals surface area contributed by atoms with E-state index in [0.29, 0.717) is 23.5 Å². The Morgan fingerprint density at radius 1 is 1.30 bits per heavy atom. The molecule has 1 aliphatic carbocycles. The fourth-order valence-electron chi connectivity index (χ4n) is 3.97. The molecule has 1 saturated heterocycles. The SMILES string of the molecule is COC(=O)[C@@H]1C[C@H]2CCCC[C@H]2N1C(=O)c1cccc(C#N)c1. The predicted molar refractivity (Wildman–Crippen MR) is 83.5 cm³/mol. The van der Waals surface area contributed by atoms with Crippen LogP contribution in [0, 0.1) is 17.2 Å². The van der Waals surface area contributed by atoms with Gasteiger partial charge in [0.15, 0.2) is 0 Å². The van der Waals surface area contributed by atoms with Crippen LogP contribution in [0.25, 0.3) is 0 Å². The largest absolute Gasteiger partial charge is 0.467 e. The summed E-state index contributed by atoms with van der Waals surface area (Å²) in [6.07, 6.45) is 4.90. The number of hydrogen-bond donors (Lipinski definition) is 0. The maximum absolute atomic E-state index is 13.0. The lowest BCUT2D eigenvalue weighted by atomic mass is 9.84. The summed E-state index contributed by atoms with van der Waals surface area (Å²) in [5.41, 5.74) is 0.911. The van der Waals surface area contributed by atoms with Gasteiger partial charge in [0.05, 0.1) is 18.7 Å². The van der Waals surface area contributed by atoms with Crippen LogP contribution in [0.1, 0.15) is 48.0 Å². The lowest BCUT2D eigenvalue weighted by Crippen LogP contribution is -2.46. The van der Waals surface area contributed by atoms with Crippen LogP contribution in [-0.4, -0.2) is 36.0 Å². The van der Waals surface area contributed by atoms with E-state index in [0.717, 1.165) is 25.7 Å². The Balaban J connectivity index is 1.94. The zero-order chi connectivity index (χ0) is 16.4. The minimum absolute atomic E-state index is 0.103. The van der Waals surface area contributed by atoms with Gasteiger partial charge in [-0.25, -0.2) is 4.79 Å². The Morgan fingerprint density at radius 2 is 2.09 bits per heavy atom. The molecule has 0 N–H and O–H groups in total. The molecule has 0 unspecified atom stereocenters. The number of esters is 1. The van der Waals surface area contributed by atoms with Gasteiger partial charge < -0.3 is 9.64 Å². The number of likely N-dealkylation sites (tertiary alicyclic amines) is 1. The molecule has 0 aromatic heterocycles. The number of ether oxygens (including phenoxy) is 1. The molecule has 1 heterocycles. The number of rotatable bonds is 2. The highest BCUT2D eigenvalue weighted by atomic mass is 16.5. The standard InChI is InChI=1S/C18H20N2O3/c1-23-18(22)16-10-13-6-2-3-8-15(13)20(16)17(21)14-7-4-5-12(9-14)11-19/h4-5,7,9,13,15-16H,2-3,6,8,10H2,1H3/t13-,15-,16+/m1/s1. The summed E-state index contributed by atoms with van der Waals surface area (Å²) in [7, 11) is 1.36. The number of benzene rings is 1. The first-order chi connectivity index (χ1) is 11.2. The van der Waals surface area contributed by atoms with Crippen LogP contribution < -0.4 is 0 Å². The van der Waals surface area contributed by atoms with Crippen LogP contribution in [0.4, 0.5) is 0 Å². The second-order valence-corrected chi connectivity index (χ2v) is 6.29. The van der Waals surface area contributed by atoms with Crippen molar-refractivity contribution in [3.05, 3.63) is 35.4 Å². The molecule has 1 amide bonds. The van der Waals surface area contributed by atoms with E-state index in [4.69, 9.17) is 10.00 Å². The summed E-state index contributed by atoms with van der Waals surface area (Å²) in [5.74, 6) is -0.146. The van der Waals surface area contributed by atoms with Crippen molar-refractivity contribution in [2.75, 3.05) is 7.11 Å². The molecule has 0 bridgehead atoms. The molecule has 1 saturated carbocycles. The molecule has 3 atom stereocenters. The number of methoxy groups -OCH3 is 1. The van der Waals surface area contributed by atoms with E-state index in [1.807, 2.05) is 0 Å². The van der Waals surface area contributed by atoms with Crippen molar-refractivity contribution >= 4 is 11.9 Å². The molecule has 1 aromatic carbocycles. The highest BCUT2D eigenvalue weighted by molar-refractivity contribution is 5.97. The Hall–Kier alpha value is -2.35. The Labute approximate surface area is 135 Å². The molecule has 120 valence electrons. The van der Waals surface area contributed by atoms with E-state index in [1.54, 1.807) is 29.2 Å². The highest BCUT2D eigenvalue weighted by Gasteiger charge is 2.48. The predicted octanol–water partition coefficient (Wildman–Crippen LogP) is 2.50. The van der Waals surface area contributed by atoms with Gasteiger partial charge in [0.25, 0.3) is 5.91 Å². The van der Waals surface area contributed by atoms with E-state index in [1.165, 1.54) is 7.11 Å². The number of nitriles is 1. The van der Waals surface area contributed by atoms with Crippen LogP contribution >= 0.6 is 0 Å². The third-order valence-electron chi connectivity index (χ3n) is 5.03. The zero-order valence-electron chi connectivity index (χ0n) is 13.2. The second kappa shape index (κ2) is 6.41. The number of carbonyl (C=O) groups excluding carboxylic acids is 2. The molecular formula is C18H20N2O3. The van der Waals surface area contributed by atoms with Gasteiger partial charge in [-0.05, 0) is 43.4 Å². The van der Waals surface area contributed by atoms with Crippen molar-refractivity contribution in [2.45, 2.75) is 44.2 Å². The van der Waals surface area contributed by atoms with E-state index >= 15 is 0 Å². The molecule has 3 rings (SSSR count). The Kier molecular flexibility index (Phi) is 4.33. The molecule has 23 heavy (non-hydrogen) atoms. The average molecular weight is 312 g/mol. The van der Waals surface area contributed by atoms with Gasteiger partial charge in [-0.3, -0.25) is 4.79 Å². The summed E-state index contributed by atoms with van der Waals surface area (Å²) < 4.78 is 4.92. The molecule has 0 radical (unpaired) electrons. The first-order valence-corrected chi connectivity index (χ1v) is 8.06. The van der Waals surface area contributed by atoms with Gasteiger partial charge >= 0.3 is 5.97 Å². The van der Waals surface area contributed by atoms with Gasteiger partial charge in [-0.1, -0.05) is 18.9 Å². The summed E-state index contributed by atoms with van der Waals surface area (Å²) in [5, 5.41) is 9.03. The van der Waals surface area contributed by atoms with Crippen LogP contribution in [0.2, 0.25) is 0 Å². The molecule has 1 aliphatic heterocycles. The fraction of sp³-hybridized carbons (Fsp3) is 0.500. The van der Waals surface area contributed by atoms with Crippen LogP contribution in [-0.2, 0) is 9.53 Å². The minimum Gasteiger partial charge on any atom is -0.467 e. The average Bonchev–Trinajstić information content (AvgIpc) is 2.99. The highest BCUT2D eigenvalue weighted by Crippen LogP contribution is 2.40. The molecule has 5 heteroatoms. The Morgan fingerprint density at radius 3 is 2.83 bits per heavy atom. The Bertz CT molecular complexity index is 664. The molecule has 5 nitrogen and oxygen atoms in total. The second-order valence-electron chi connectivity index (χ2n) is 6.29. The molecule has 1 aromatic rings. The van der Waals surface area contributed by atoms with Crippen molar-refractivity contribution in [3.8, 4) is 6.07 Å². The van der Waals surface area contributed by atoms with E-state index in [9.17, 15) is 9.59 Å². The third kappa shape index (κ3) is 2.81. The number of fused-ring (bicyclic) bond motifs is 1. The van der Waals surface area contributed by atoms with E-state index < -0.39 is 6.04 Å². The molecular weight excluding hydrogens is 292 g/mol. The quantitative estimate of drug-likeness (QED) is 0.787.